The summed E-state index contributed by atoms with van der Waals surface area (Å²) in [5.74, 6) is -0.990. The van der Waals surface area contributed by atoms with E-state index in [0.29, 0.717) is 19.4 Å². The van der Waals surface area contributed by atoms with Crippen molar-refractivity contribution >= 4 is 12.0 Å². The second-order valence-electron chi connectivity index (χ2n) is 6.83. The van der Waals surface area contributed by atoms with Crippen LogP contribution in [0.15, 0.2) is 0 Å². The molecular weight excluding hydrogens is 272 g/mol. The van der Waals surface area contributed by atoms with Crippen molar-refractivity contribution < 1.29 is 19.4 Å². The number of carboxylic acid groups (broad SMARTS) is 1. The van der Waals surface area contributed by atoms with Crippen LogP contribution in [0.4, 0.5) is 4.79 Å². The highest BCUT2D eigenvalue weighted by molar-refractivity contribution is 5.74. The van der Waals surface area contributed by atoms with E-state index < -0.39 is 5.97 Å². The Morgan fingerprint density at radius 2 is 1.81 bits per heavy atom. The molecule has 6 nitrogen and oxygen atoms in total. The van der Waals surface area contributed by atoms with Crippen LogP contribution >= 0.6 is 0 Å². The van der Waals surface area contributed by atoms with E-state index in [1.165, 1.54) is 0 Å². The summed E-state index contributed by atoms with van der Waals surface area (Å²) in [4.78, 5) is 22.8. The number of nitrogens with one attached hydrogen (secondary N) is 2. The van der Waals surface area contributed by atoms with Gasteiger partial charge in [0.1, 0.15) is 0 Å². The predicted molar refractivity (Wildman–Crippen MR) is 80.2 cm³/mol. The van der Waals surface area contributed by atoms with Crippen LogP contribution in [0.2, 0.25) is 0 Å². The van der Waals surface area contributed by atoms with Gasteiger partial charge in [-0.15, -0.1) is 0 Å². The number of carbonyl (C=O) groups is 2. The van der Waals surface area contributed by atoms with Crippen LogP contribution in [-0.4, -0.2) is 42.9 Å². The van der Waals surface area contributed by atoms with Crippen LogP contribution in [0.25, 0.3) is 0 Å². The minimum Gasteiger partial charge on any atom is -0.481 e. The Bertz CT molecular complexity index is 357. The lowest BCUT2D eigenvalue weighted by Crippen LogP contribution is -2.48. The molecule has 1 rings (SSSR count). The molecule has 3 N–H and O–H groups in total. The molecule has 0 aromatic rings. The summed E-state index contributed by atoms with van der Waals surface area (Å²) in [5.41, 5.74) is -0.0401. The second-order valence-corrected chi connectivity index (χ2v) is 6.83. The molecule has 0 radical (unpaired) electrons. The zero-order chi connectivity index (χ0) is 16.0. The molecule has 1 saturated carbocycles. The highest BCUT2D eigenvalue weighted by atomic mass is 16.5. The quantitative estimate of drug-likeness (QED) is 0.724. The lowest BCUT2D eigenvalue weighted by molar-refractivity contribution is -0.142. The van der Waals surface area contributed by atoms with Gasteiger partial charge in [-0.3, -0.25) is 4.79 Å². The summed E-state index contributed by atoms with van der Waals surface area (Å²) in [5, 5.41) is 14.7. The van der Waals surface area contributed by atoms with Gasteiger partial charge in [0, 0.05) is 19.7 Å². The monoisotopic (exact) mass is 300 g/mol. The largest absolute Gasteiger partial charge is 0.481 e. The number of hydrogen-bond acceptors (Lipinski definition) is 3. The second kappa shape index (κ2) is 7.64. The zero-order valence-electron chi connectivity index (χ0n) is 13.4. The minimum absolute atomic E-state index is 0.0401. The standard InChI is InChI=1S/C15H28N2O4/c1-15(2,3)12(21-4)9-16-14(20)17-11-7-5-10(6-8-11)13(18)19/h10-12H,5-9H2,1-4H3,(H,18,19)(H2,16,17,20). The first-order valence-electron chi connectivity index (χ1n) is 7.54. The van der Waals surface area contributed by atoms with Gasteiger partial charge >= 0.3 is 12.0 Å². The van der Waals surface area contributed by atoms with Crippen molar-refractivity contribution in [2.75, 3.05) is 13.7 Å². The maximum atomic E-state index is 11.9. The fourth-order valence-electron chi connectivity index (χ4n) is 2.65. The number of aliphatic carboxylic acids is 1. The minimum atomic E-state index is -0.731. The third-order valence-corrected chi connectivity index (χ3v) is 4.11. The van der Waals surface area contributed by atoms with Gasteiger partial charge in [0.25, 0.3) is 0 Å². The molecule has 6 heteroatoms. The van der Waals surface area contributed by atoms with Gasteiger partial charge in [0.2, 0.25) is 0 Å². The Balaban J connectivity index is 2.30. The molecule has 1 unspecified atom stereocenters. The van der Waals surface area contributed by atoms with E-state index in [2.05, 4.69) is 31.4 Å². The smallest absolute Gasteiger partial charge is 0.315 e. The summed E-state index contributed by atoms with van der Waals surface area (Å²) >= 11 is 0. The van der Waals surface area contributed by atoms with E-state index in [1.807, 2.05) is 0 Å². The predicted octanol–water partition coefficient (Wildman–Crippen LogP) is 1.99. The molecule has 0 bridgehead atoms. The average molecular weight is 300 g/mol. The molecule has 0 aromatic heterocycles. The molecular formula is C15H28N2O4. The third kappa shape index (κ3) is 5.91. The molecule has 0 aromatic carbocycles. The van der Waals surface area contributed by atoms with E-state index in [-0.39, 0.29) is 29.5 Å². The fourth-order valence-corrected chi connectivity index (χ4v) is 2.65. The Hall–Kier alpha value is -1.30. The van der Waals surface area contributed by atoms with Crippen LogP contribution < -0.4 is 10.6 Å². The normalized spacial score (nSPS) is 24.2. The first-order chi connectivity index (χ1) is 9.74. The Kier molecular flexibility index (Phi) is 6.45. The highest BCUT2D eigenvalue weighted by Crippen LogP contribution is 2.24. The molecule has 1 atom stereocenters. The number of methoxy groups -OCH3 is 1. The lowest BCUT2D eigenvalue weighted by Gasteiger charge is -2.30. The van der Waals surface area contributed by atoms with Gasteiger partial charge in [0.05, 0.1) is 12.0 Å². The number of urea groups is 1. The number of amides is 2. The number of carbonyl (C=O) groups excluding carboxylic acids is 1. The van der Waals surface area contributed by atoms with Crippen molar-refractivity contribution in [1.29, 1.82) is 0 Å². The molecule has 1 aliphatic rings. The maximum Gasteiger partial charge on any atom is 0.315 e. The first kappa shape index (κ1) is 17.8. The maximum absolute atomic E-state index is 11.9. The Labute approximate surface area is 126 Å². The van der Waals surface area contributed by atoms with Crippen LogP contribution in [0.1, 0.15) is 46.5 Å². The number of ether oxygens (including phenoxy) is 1. The zero-order valence-corrected chi connectivity index (χ0v) is 13.4. The summed E-state index contributed by atoms with van der Waals surface area (Å²) in [6.07, 6.45) is 2.65. The molecule has 21 heavy (non-hydrogen) atoms. The van der Waals surface area contributed by atoms with Crippen molar-refractivity contribution in [3.05, 3.63) is 0 Å². The average Bonchev–Trinajstić information content (AvgIpc) is 2.38. The molecule has 2 amide bonds. The van der Waals surface area contributed by atoms with Crippen LogP contribution in [0.3, 0.4) is 0 Å². The highest BCUT2D eigenvalue weighted by Gasteiger charge is 2.28. The van der Waals surface area contributed by atoms with Crippen molar-refractivity contribution in [3.8, 4) is 0 Å². The fraction of sp³-hybridized carbons (Fsp3) is 0.867. The first-order valence-corrected chi connectivity index (χ1v) is 7.54. The topological polar surface area (TPSA) is 87.7 Å². The van der Waals surface area contributed by atoms with Gasteiger partial charge in [-0.2, -0.15) is 0 Å². The summed E-state index contributed by atoms with van der Waals surface area (Å²) in [7, 11) is 1.64. The van der Waals surface area contributed by atoms with Gasteiger partial charge in [-0.25, -0.2) is 4.79 Å². The van der Waals surface area contributed by atoms with Gasteiger partial charge in [0.15, 0.2) is 0 Å². The van der Waals surface area contributed by atoms with E-state index >= 15 is 0 Å². The van der Waals surface area contributed by atoms with E-state index in [9.17, 15) is 9.59 Å². The van der Waals surface area contributed by atoms with E-state index in [0.717, 1.165) is 12.8 Å². The molecule has 0 heterocycles. The number of rotatable bonds is 5. The van der Waals surface area contributed by atoms with Crippen LogP contribution in [0.5, 0.6) is 0 Å². The molecule has 0 aliphatic heterocycles. The van der Waals surface area contributed by atoms with Gasteiger partial charge < -0.3 is 20.5 Å². The van der Waals surface area contributed by atoms with Crippen molar-refractivity contribution in [2.45, 2.75) is 58.6 Å². The lowest BCUT2D eigenvalue weighted by atomic mass is 9.86. The molecule has 122 valence electrons. The molecule has 0 saturated heterocycles. The van der Waals surface area contributed by atoms with Crippen molar-refractivity contribution in [2.24, 2.45) is 11.3 Å². The van der Waals surface area contributed by atoms with Crippen LogP contribution in [-0.2, 0) is 9.53 Å². The SMILES string of the molecule is COC(CNC(=O)NC1CCC(C(=O)O)CC1)C(C)(C)C. The molecule has 0 spiro atoms. The Morgan fingerprint density at radius 3 is 2.24 bits per heavy atom. The summed E-state index contributed by atoms with van der Waals surface area (Å²) in [6, 6.07) is -0.142. The van der Waals surface area contributed by atoms with Crippen molar-refractivity contribution in [1.82, 2.24) is 10.6 Å². The number of hydrogen-bond donors (Lipinski definition) is 3. The summed E-state index contributed by atoms with van der Waals surface area (Å²) < 4.78 is 5.39. The third-order valence-electron chi connectivity index (χ3n) is 4.11. The van der Waals surface area contributed by atoms with E-state index in [4.69, 9.17) is 9.84 Å². The summed E-state index contributed by atoms with van der Waals surface area (Å²) in [6.45, 7) is 6.64. The van der Waals surface area contributed by atoms with Crippen molar-refractivity contribution in [3.63, 3.8) is 0 Å². The van der Waals surface area contributed by atoms with Crippen LogP contribution in [0, 0.1) is 11.3 Å². The molecule has 1 aliphatic carbocycles. The Morgan fingerprint density at radius 1 is 1.24 bits per heavy atom. The van der Waals surface area contributed by atoms with Gasteiger partial charge in [-0.1, -0.05) is 20.8 Å². The number of carboxylic acids is 1. The molecule has 1 fully saturated rings. The van der Waals surface area contributed by atoms with Gasteiger partial charge in [-0.05, 0) is 31.1 Å². The van der Waals surface area contributed by atoms with E-state index in [1.54, 1.807) is 7.11 Å².